The molecule has 10 heteroatoms. The fourth-order valence-electron chi connectivity index (χ4n) is 1.75. The number of aromatic nitrogens is 3. The molecule has 2 aromatic rings. The van der Waals surface area contributed by atoms with Gasteiger partial charge >= 0.3 is 10.2 Å². The predicted octanol–water partition coefficient (Wildman–Crippen LogP) is 2.82. The first-order valence-corrected chi connectivity index (χ1v) is 7.70. The highest BCUT2D eigenvalue weighted by atomic mass is 35.5. The van der Waals surface area contributed by atoms with E-state index in [0.29, 0.717) is 11.4 Å². The smallest absolute Gasteiger partial charge is 0.322 e. The molecule has 1 atom stereocenters. The van der Waals surface area contributed by atoms with Crippen molar-refractivity contribution >= 4 is 35.0 Å². The predicted molar refractivity (Wildman–Crippen MR) is 90.5 cm³/mol. The summed E-state index contributed by atoms with van der Waals surface area (Å²) < 4.78 is 35.8. The number of rotatable bonds is 3. The highest BCUT2D eigenvalue weighted by Crippen LogP contribution is 2.29. The number of halogens is 3. The van der Waals surface area contributed by atoms with Gasteiger partial charge in [-0.3, -0.25) is 0 Å². The minimum absolute atomic E-state index is 0. The summed E-state index contributed by atoms with van der Waals surface area (Å²) in [7, 11) is -4.69. The van der Waals surface area contributed by atoms with Gasteiger partial charge in [0.05, 0.1) is 22.8 Å². The summed E-state index contributed by atoms with van der Waals surface area (Å²) in [4.78, 5) is -0.391. The molecule has 0 saturated carbocycles. The second kappa shape index (κ2) is 7.57. The van der Waals surface area contributed by atoms with Gasteiger partial charge in [0.1, 0.15) is 5.69 Å². The van der Waals surface area contributed by atoms with Gasteiger partial charge in [-0.1, -0.05) is 26.0 Å². The molecule has 6 nitrogen and oxygen atoms in total. The van der Waals surface area contributed by atoms with Crippen molar-refractivity contribution in [1.82, 2.24) is 15.0 Å². The zero-order valence-corrected chi connectivity index (χ0v) is 15.3. The van der Waals surface area contributed by atoms with Crippen molar-refractivity contribution in [3.8, 4) is 5.69 Å². The van der Waals surface area contributed by atoms with Crippen LogP contribution in [0.2, 0.25) is 0 Å². The van der Waals surface area contributed by atoms with Gasteiger partial charge in [-0.2, -0.15) is 8.42 Å². The monoisotopic (exact) mass is 384 g/mol. The standard InChI is InChI=1S/C13H17FN4O2S.2ClH/c1-13(2,3)12(15)11-8-18(17-16-11)9-4-6-10(7-5-9)21(14,19)20;;/h4-8,12H,15H2,1-3H3;2*1H. The Morgan fingerprint density at radius 3 is 2.13 bits per heavy atom. The molecular weight excluding hydrogens is 366 g/mol. The van der Waals surface area contributed by atoms with Gasteiger partial charge in [0.2, 0.25) is 0 Å². The fourth-order valence-corrected chi connectivity index (χ4v) is 2.21. The molecule has 1 heterocycles. The molecule has 0 aliphatic carbocycles. The molecule has 23 heavy (non-hydrogen) atoms. The number of nitrogens with two attached hydrogens (primary N) is 1. The Morgan fingerprint density at radius 2 is 1.70 bits per heavy atom. The molecule has 0 saturated heterocycles. The van der Waals surface area contributed by atoms with Crippen LogP contribution in [0.15, 0.2) is 35.4 Å². The summed E-state index contributed by atoms with van der Waals surface area (Å²) in [6, 6.07) is 4.98. The first kappa shape index (κ1) is 21.8. The molecule has 0 spiro atoms. The van der Waals surface area contributed by atoms with Crippen molar-refractivity contribution in [3.63, 3.8) is 0 Å². The molecular formula is C13H19Cl2FN4O2S. The van der Waals surface area contributed by atoms with Crippen molar-refractivity contribution in [3.05, 3.63) is 36.2 Å². The zero-order chi connectivity index (χ0) is 15.8. The normalized spacial score (nSPS) is 12.9. The summed E-state index contributed by atoms with van der Waals surface area (Å²) in [6.45, 7) is 5.99. The summed E-state index contributed by atoms with van der Waals surface area (Å²) in [5.41, 5.74) is 7.14. The Morgan fingerprint density at radius 1 is 1.17 bits per heavy atom. The van der Waals surface area contributed by atoms with E-state index in [4.69, 9.17) is 5.73 Å². The zero-order valence-electron chi connectivity index (χ0n) is 12.8. The lowest BCUT2D eigenvalue weighted by Crippen LogP contribution is -2.26. The lowest BCUT2D eigenvalue weighted by Gasteiger charge is -2.24. The molecule has 0 amide bonds. The highest BCUT2D eigenvalue weighted by molar-refractivity contribution is 7.86. The van der Waals surface area contributed by atoms with E-state index >= 15 is 0 Å². The minimum Gasteiger partial charge on any atom is -0.322 e. The van der Waals surface area contributed by atoms with Gasteiger partial charge in [-0.05, 0) is 29.7 Å². The topological polar surface area (TPSA) is 90.9 Å². The van der Waals surface area contributed by atoms with Crippen molar-refractivity contribution in [2.45, 2.75) is 31.7 Å². The van der Waals surface area contributed by atoms with Crippen molar-refractivity contribution < 1.29 is 12.3 Å². The molecule has 1 aromatic carbocycles. The molecule has 1 unspecified atom stereocenters. The van der Waals surface area contributed by atoms with Gasteiger partial charge in [-0.15, -0.1) is 33.8 Å². The maximum absolute atomic E-state index is 12.8. The van der Waals surface area contributed by atoms with Crippen molar-refractivity contribution in [2.75, 3.05) is 0 Å². The largest absolute Gasteiger partial charge is 0.332 e. The van der Waals surface area contributed by atoms with E-state index in [0.717, 1.165) is 0 Å². The van der Waals surface area contributed by atoms with Gasteiger partial charge in [0, 0.05) is 0 Å². The van der Waals surface area contributed by atoms with E-state index < -0.39 is 15.1 Å². The molecule has 0 fully saturated rings. The summed E-state index contributed by atoms with van der Waals surface area (Å²) in [5, 5.41) is 7.98. The number of hydrogen-bond acceptors (Lipinski definition) is 5. The van der Waals surface area contributed by atoms with Crippen LogP contribution in [0.3, 0.4) is 0 Å². The third-order valence-electron chi connectivity index (χ3n) is 3.15. The molecule has 0 bridgehead atoms. The second-order valence-electron chi connectivity index (χ2n) is 5.86. The Bertz CT molecular complexity index is 742. The Labute approximate surface area is 147 Å². The summed E-state index contributed by atoms with van der Waals surface area (Å²) >= 11 is 0. The summed E-state index contributed by atoms with van der Waals surface area (Å²) in [5.74, 6) is 0. The van der Waals surface area contributed by atoms with Gasteiger partial charge in [0.25, 0.3) is 0 Å². The number of nitrogens with zero attached hydrogens (tertiary/aromatic N) is 3. The average Bonchev–Trinajstić information content (AvgIpc) is 2.85. The highest BCUT2D eigenvalue weighted by Gasteiger charge is 2.25. The quantitative estimate of drug-likeness (QED) is 0.821. The maximum atomic E-state index is 12.8. The van der Waals surface area contributed by atoms with E-state index in [-0.39, 0.29) is 36.3 Å². The van der Waals surface area contributed by atoms with Gasteiger partial charge < -0.3 is 5.73 Å². The fraction of sp³-hybridized carbons (Fsp3) is 0.385. The van der Waals surface area contributed by atoms with E-state index in [2.05, 4.69) is 10.3 Å². The molecule has 0 aliphatic heterocycles. The first-order valence-electron chi connectivity index (χ1n) is 6.32. The summed E-state index contributed by atoms with van der Waals surface area (Å²) in [6.07, 6.45) is 1.68. The molecule has 1 aromatic heterocycles. The minimum atomic E-state index is -4.69. The molecule has 2 rings (SSSR count). The SMILES string of the molecule is CC(C)(C)C(N)c1cn(-c2ccc(S(=O)(=O)F)cc2)nn1.Cl.Cl. The van der Waals surface area contributed by atoms with Crippen LogP contribution < -0.4 is 5.73 Å². The van der Waals surface area contributed by atoms with E-state index in [9.17, 15) is 12.3 Å². The van der Waals surface area contributed by atoms with Gasteiger partial charge in [-0.25, -0.2) is 4.68 Å². The maximum Gasteiger partial charge on any atom is 0.332 e. The molecule has 0 radical (unpaired) electrons. The Balaban J connectivity index is 0.00000242. The average molecular weight is 385 g/mol. The second-order valence-corrected chi connectivity index (χ2v) is 7.21. The lowest BCUT2D eigenvalue weighted by atomic mass is 9.86. The number of benzene rings is 1. The van der Waals surface area contributed by atoms with Crippen LogP contribution in [0.5, 0.6) is 0 Å². The Hall–Kier alpha value is -1.22. The van der Waals surface area contributed by atoms with Crippen LogP contribution in [-0.4, -0.2) is 23.4 Å². The van der Waals surface area contributed by atoms with Crippen LogP contribution >= 0.6 is 24.8 Å². The van der Waals surface area contributed by atoms with E-state index in [1.807, 2.05) is 20.8 Å². The van der Waals surface area contributed by atoms with Crippen molar-refractivity contribution in [1.29, 1.82) is 0 Å². The third-order valence-corrected chi connectivity index (χ3v) is 3.98. The van der Waals surface area contributed by atoms with Crippen LogP contribution in [0, 0.1) is 5.41 Å². The molecule has 130 valence electrons. The van der Waals surface area contributed by atoms with E-state index in [1.165, 1.54) is 28.9 Å². The van der Waals surface area contributed by atoms with Gasteiger partial charge in [0.15, 0.2) is 0 Å². The van der Waals surface area contributed by atoms with Crippen LogP contribution in [0.4, 0.5) is 3.89 Å². The van der Waals surface area contributed by atoms with Crippen molar-refractivity contribution in [2.24, 2.45) is 11.1 Å². The van der Waals surface area contributed by atoms with Crippen LogP contribution in [-0.2, 0) is 10.2 Å². The van der Waals surface area contributed by atoms with E-state index in [1.54, 1.807) is 6.20 Å². The Kier molecular flexibility index (Phi) is 7.16. The lowest BCUT2D eigenvalue weighted by molar-refractivity contribution is 0.321. The van der Waals surface area contributed by atoms with Crippen LogP contribution in [0.25, 0.3) is 5.69 Å². The molecule has 2 N–H and O–H groups in total. The van der Waals surface area contributed by atoms with Crippen LogP contribution in [0.1, 0.15) is 32.5 Å². The third kappa shape index (κ3) is 5.13. The number of hydrogen-bond donors (Lipinski definition) is 1. The molecule has 0 aliphatic rings. The first-order chi connectivity index (χ1) is 9.59.